The zero-order valence-electron chi connectivity index (χ0n) is 26.3. The fraction of sp³-hybridized carbons (Fsp3) is 0.0889. The molecular weight excluding hydrogens is 571 g/mol. The van der Waals surface area contributed by atoms with Crippen LogP contribution in [0.4, 0.5) is 5.69 Å². The summed E-state index contributed by atoms with van der Waals surface area (Å²) in [5, 5.41) is 6.10. The summed E-state index contributed by atoms with van der Waals surface area (Å²) >= 11 is 0. The van der Waals surface area contributed by atoms with Crippen molar-refractivity contribution >= 4 is 22.2 Å². The van der Waals surface area contributed by atoms with Gasteiger partial charge in [-0.3, -0.25) is 4.79 Å². The average molecular weight is 606 g/mol. The first-order valence-electron chi connectivity index (χ1n) is 16.3. The van der Waals surface area contributed by atoms with Crippen molar-refractivity contribution in [2.24, 2.45) is 0 Å². The van der Waals surface area contributed by atoms with E-state index in [1.165, 1.54) is 27.8 Å². The maximum absolute atomic E-state index is 14.3. The van der Waals surface area contributed by atoms with E-state index >= 15 is 0 Å². The Labute approximate surface area is 276 Å². The molecule has 0 saturated carbocycles. The molecule has 0 radical (unpaired) electrons. The van der Waals surface area contributed by atoms with Gasteiger partial charge in [-0.1, -0.05) is 175 Å². The first-order valence-corrected chi connectivity index (χ1v) is 16.3. The number of hydrogen-bond acceptors (Lipinski definition) is 2. The predicted molar refractivity (Wildman–Crippen MR) is 193 cm³/mol. The highest BCUT2D eigenvalue weighted by atomic mass is 16.1. The van der Waals surface area contributed by atoms with Crippen LogP contribution < -0.4 is 5.32 Å². The fourth-order valence-corrected chi connectivity index (χ4v) is 7.55. The van der Waals surface area contributed by atoms with Crippen LogP contribution in [0.1, 0.15) is 72.7 Å². The molecule has 1 unspecified atom stereocenters. The number of ketones is 1. The van der Waals surface area contributed by atoms with Gasteiger partial charge in [-0.25, -0.2) is 0 Å². The Hall–Kier alpha value is -5.73. The van der Waals surface area contributed by atoms with E-state index in [2.05, 4.69) is 170 Å². The number of hydrogen-bond donors (Lipinski definition) is 1. The number of anilines is 1. The molecule has 1 aliphatic rings. The Bertz CT molecular complexity index is 2000. The summed E-state index contributed by atoms with van der Waals surface area (Å²) in [6.45, 7) is 2.19. The molecule has 7 aromatic carbocycles. The first-order chi connectivity index (χ1) is 23.2. The van der Waals surface area contributed by atoms with E-state index in [1.54, 1.807) is 0 Å². The van der Waals surface area contributed by atoms with Crippen molar-refractivity contribution in [3.63, 3.8) is 0 Å². The van der Waals surface area contributed by atoms with Crippen LogP contribution in [0, 0.1) is 6.92 Å². The van der Waals surface area contributed by atoms with Crippen molar-refractivity contribution in [1.82, 2.24) is 0 Å². The van der Waals surface area contributed by atoms with Crippen LogP contribution in [-0.2, 0) is 0 Å². The van der Waals surface area contributed by atoms with E-state index in [4.69, 9.17) is 0 Å². The van der Waals surface area contributed by atoms with Crippen LogP contribution in [-0.4, -0.2) is 5.78 Å². The van der Waals surface area contributed by atoms with Crippen LogP contribution in [0.2, 0.25) is 0 Å². The lowest BCUT2D eigenvalue weighted by molar-refractivity contribution is 0.0977. The largest absolute Gasteiger partial charge is 0.371 e. The lowest BCUT2D eigenvalue weighted by Crippen LogP contribution is -2.21. The Kier molecular flexibility index (Phi) is 7.47. The molecular formula is C45H35NO. The maximum atomic E-state index is 14.3. The third kappa shape index (κ3) is 5.22. The lowest BCUT2D eigenvalue weighted by atomic mass is 9.78. The zero-order chi connectivity index (χ0) is 31.7. The van der Waals surface area contributed by atoms with Gasteiger partial charge in [-0.2, -0.15) is 0 Å². The monoisotopic (exact) mass is 605 g/mol. The van der Waals surface area contributed by atoms with Crippen LogP contribution in [0.5, 0.6) is 0 Å². The average Bonchev–Trinajstić information content (AvgIpc) is 3.39. The normalized spacial score (nSPS) is 13.9. The van der Waals surface area contributed by atoms with Gasteiger partial charge in [0.05, 0.1) is 0 Å². The summed E-state index contributed by atoms with van der Waals surface area (Å²) in [4.78, 5) is 14.3. The molecule has 0 heterocycles. The van der Waals surface area contributed by atoms with Crippen molar-refractivity contribution in [1.29, 1.82) is 0 Å². The van der Waals surface area contributed by atoms with Crippen molar-refractivity contribution in [3.8, 4) is 0 Å². The van der Waals surface area contributed by atoms with E-state index in [-0.39, 0.29) is 17.6 Å². The lowest BCUT2D eigenvalue weighted by Gasteiger charge is -2.30. The van der Waals surface area contributed by atoms with Gasteiger partial charge in [-0.15, -0.1) is 0 Å². The third-order valence-corrected chi connectivity index (χ3v) is 9.56. The van der Waals surface area contributed by atoms with Gasteiger partial charge in [0.15, 0.2) is 5.78 Å². The topological polar surface area (TPSA) is 29.1 Å². The molecule has 0 saturated heterocycles. The molecule has 0 bridgehead atoms. The fourth-order valence-electron chi connectivity index (χ4n) is 7.55. The smallest absolute Gasteiger partial charge is 0.190 e. The van der Waals surface area contributed by atoms with Crippen molar-refractivity contribution < 1.29 is 4.79 Å². The van der Waals surface area contributed by atoms with Gasteiger partial charge in [0.25, 0.3) is 0 Å². The number of rotatable bonds is 8. The van der Waals surface area contributed by atoms with E-state index in [0.29, 0.717) is 0 Å². The summed E-state index contributed by atoms with van der Waals surface area (Å²) in [7, 11) is 0. The second-order valence-corrected chi connectivity index (χ2v) is 12.5. The van der Waals surface area contributed by atoms with Crippen LogP contribution in [0.15, 0.2) is 170 Å². The molecule has 0 aromatic heterocycles. The maximum Gasteiger partial charge on any atom is 0.190 e. The molecule has 0 amide bonds. The number of carbonyl (C=O) groups is 1. The van der Waals surface area contributed by atoms with E-state index < -0.39 is 6.04 Å². The molecule has 2 heteroatoms. The first kappa shape index (κ1) is 28.7. The van der Waals surface area contributed by atoms with Crippen molar-refractivity contribution in [2.75, 3.05) is 5.32 Å². The van der Waals surface area contributed by atoms with Gasteiger partial charge < -0.3 is 5.32 Å². The number of nitrogens with one attached hydrogen (secondary N) is 1. The minimum absolute atomic E-state index is 0.0552. The van der Waals surface area contributed by atoms with E-state index in [9.17, 15) is 4.79 Å². The van der Waals surface area contributed by atoms with Crippen molar-refractivity contribution in [3.05, 3.63) is 220 Å². The van der Waals surface area contributed by atoms with Gasteiger partial charge in [0.1, 0.15) is 6.04 Å². The second-order valence-electron chi connectivity index (χ2n) is 12.5. The standard InChI is InChI=1S/C45H35NO/c1-30-28-38(40(31-16-6-2-7-17-31)32-18-8-3-9-19-32)43(46-44-36-26-14-24-35-25-15-27-37(42(35)36)45(44)47)39(29-30)41(33-20-10-4-11-21-33)34-22-12-5-13-23-34/h2-29,40-41,44,46H,1H3. The van der Waals surface area contributed by atoms with Crippen LogP contribution >= 0.6 is 0 Å². The predicted octanol–water partition coefficient (Wildman–Crippen LogP) is 10.9. The second kappa shape index (κ2) is 12.2. The highest BCUT2D eigenvalue weighted by molar-refractivity contribution is 6.18. The summed E-state index contributed by atoms with van der Waals surface area (Å²) in [6, 6.07) is 59.4. The van der Waals surface area contributed by atoms with Gasteiger partial charge in [0, 0.05) is 23.1 Å². The summed E-state index contributed by atoms with van der Waals surface area (Å²) in [5.74, 6) is 0.00191. The third-order valence-electron chi connectivity index (χ3n) is 9.56. The quantitative estimate of drug-likeness (QED) is 0.175. The molecule has 0 fully saturated rings. The summed E-state index contributed by atoms with van der Waals surface area (Å²) in [5.41, 5.74) is 11.1. The SMILES string of the molecule is Cc1cc(C(c2ccccc2)c2ccccc2)c(NC2C(=O)c3cccc4cccc2c34)c(C(c2ccccc2)c2ccccc2)c1. The molecule has 1 aliphatic carbocycles. The molecule has 7 aromatic rings. The Morgan fingerprint density at radius 1 is 0.511 bits per heavy atom. The molecule has 0 spiro atoms. The zero-order valence-corrected chi connectivity index (χ0v) is 26.3. The minimum Gasteiger partial charge on any atom is -0.371 e. The van der Waals surface area contributed by atoms with Gasteiger partial charge >= 0.3 is 0 Å². The van der Waals surface area contributed by atoms with Crippen LogP contribution in [0.3, 0.4) is 0 Å². The molecule has 8 rings (SSSR count). The Morgan fingerprint density at radius 2 is 0.936 bits per heavy atom. The summed E-state index contributed by atoms with van der Waals surface area (Å²) < 4.78 is 0. The number of carbonyl (C=O) groups excluding carboxylic acids is 1. The van der Waals surface area contributed by atoms with Crippen LogP contribution in [0.25, 0.3) is 10.8 Å². The number of benzene rings is 7. The molecule has 226 valence electrons. The minimum atomic E-state index is -0.504. The molecule has 1 atom stereocenters. The highest BCUT2D eigenvalue weighted by Gasteiger charge is 2.35. The number of aryl methyl sites for hydroxylation is 1. The van der Waals surface area contributed by atoms with E-state index in [0.717, 1.165) is 38.7 Å². The summed E-state index contributed by atoms with van der Waals surface area (Å²) in [6.07, 6.45) is 0. The Morgan fingerprint density at radius 3 is 1.38 bits per heavy atom. The van der Waals surface area contributed by atoms with Gasteiger partial charge in [0.2, 0.25) is 0 Å². The van der Waals surface area contributed by atoms with Crippen molar-refractivity contribution in [2.45, 2.75) is 24.8 Å². The highest BCUT2D eigenvalue weighted by Crippen LogP contribution is 2.47. The molecule has 2 nitrogen and oxygen atoms in total. The Balaban J connectivity index is 1.42. The molecule has 1 N–H and O–H groups in total. The van der Waals surface area contributed by atoms with E-state index in [1.807, 2.05) is 12.1 Å². The molecule has 0 aliphatic heterocycles. The van der Waals surface area contributed by atoms with Gasteiger partial charge in [-0.05, 0) is 56.6 Å². The number of Topliss-reactive ketones (excluding diaryl/α,β-unsaturated/α-hetero) is 1. The molecule has 47 heavy (non-hydrogen) atoms.